The number of nitrogens with zero attached hydrogens (tertiary/aromatic N) is 2. The zero-order valence-corrected chi connectivity index (χ0v) is 17.0. The molecule has 0 bridgehead atoms. The smallest absolute Gasteiger partial charge is 0.263 e. The van der Waals surface area contributed by atoms with Crippen molar-refractivity contribution in [3.63, 3.8) is 0 Å². The molecule has 0 spiro atoms. The summed E-state index contributed by atoms with van der Waals surface area (Å²) in [6.07, 6.45) is 5.07. The van der Waals surface area contributed by atoms with Crippen molar-refractivity contribution < 1.29 is 8.42 Å². The average molecular weight is 397 g/mol. The number of hydrogen-bond acceptors (Lipinski definition) is 5. The Kier molecular flexibility index (Phi) is 5.65. The molecule has 0 atom stereocenters. The van der Waals surface area contributed by atoms with Gasteiger partial charge in [0.1, 0.15) is 5.82 Å². The molecule has 2 N–H and O–H groups in total. The van der Waals surface area contributed by atoms with E-state index in [1.165, 1.54) is 0 Å². The maximum absolute atomic E-state index is 12.6. The summed E-state index contributed by atoms with van der Waals surface area (Å²) in [5, 5.41) is 3.24. The normalized spacial score (nSPS) is 11.8. The molecular formula is C21H24N4O2S. The molecule has 0 unspecified atom stereocenters. The van der Waals surface area contributed by atoms with Crippen LogP contribution >= 0.6 is 0 Å². The van der Waals surface area contributed by atoms with E-state index in [9.17, 15) is 8.42 Å². The van der Waals surface area contributed by atoms with E-state index in [4.69, 9.17) is 0 Å². The fourth-order valence-corrected chi connectivity index (χ4v) is 3.60. The van der Waals surface area contributed by atoms with Crippen LogP contribution in [0.1, 0.15) is 31.9 Å². The maximum Gasteiger partial charge on any atom is 0.263 e. The predicted octanol–water partition coefficient (Wildman–Crippen LogP) is 4.19. The zero-order valence-electron chi connectivity index (χ0n) is 16.2. The van der Waals surface area contributed by atoms with Gasteiger partial charge in [0, 0.05) is 18.9 Å². The summed E-state index contributed by atoms with van der Waals surface area (Å²) in [4.78, 5) is 8.39. The average Bonchev–Trinajstić information content (AvgIpc) is 2.67. The zero-order chi connectivity index (χ0) is 20.2. The molecule has 0 saturated carbocycles. The largest absolute Gasteiger partial charge is 0.380 e. The molecule has 28 heavy (non-hydrogen) atoms. The van der Waals surface area contributed by atoms with Crippen LogP contribution in [-0.2, 0) is 22.0 Å². The molecule has 2 aromatic heterocycles. The topological polar surface area (TPSA) is 84.0 Å². The van der Waals surface area contributed by atoms with E-state index < -0.39 is 10.0 Å². The predicted molar refractivity (Wildman–Crippen MR) is 112 cm³/mol. The minimum Gasteiger partial charge on any atom is -0.380 e. The van der Waals surface area contributed by atoms with Crippen LogP contribution in [0.5, 0.6) is 0 Å². The third-order valence-corrected chi connectivity index (χ3v) is 5.65. The fraction of sp³-hybridized carbons (Fsp3) is 0.238. The SMILES string of the molecule is CC(C)(C)c1ccc(S(=O)(=O)Nc2ccc(NCc3ccncc3)cn2)cc1. The molecule has 6 nitrogen and oxygen atoms in total. The molecule has 2 heterocycles. The van der Waals surface area contributed by atoms with Crippen molar-refractivity contribution in [2.24, 2.45) is 0 Å². The highest BCUT2D eigenvalue weighted by molar-refractivity contribution is 7.92. The maximum atomic E-state index is 12.6. The lowest BCUT2D eigenvalue weighted by Gasteiger charge is -2.19. The van der Waals surface area contributed by atoms with Gasteiger partial charge >= 0.3 is 0 Å². The lowest BCUT2D eigenvalue weighted by molar-refractivity contribution is 0.587. The Labute approximate surface area is 166 Å². The molecule has 1 aromatic carbocycles. The van der Waals surface area contributed by atoms with Crippen LogP contribution in [0.3, 0.4) is 0 Å². The number of sulfonamides is 1. The second-order valence-corrected chi connectivity index (χ2v) is 9.20. The summed E-state index contributed by atoms with van der Waals surface area (Å²) in [5.74, 6) is 0.273. The van der Waals surface area contributed by atoms with Gasteiger partial charge in [-0.2, -0.15) is 0 Å². The van der Waals surface area contributed by atoms with Gasteiger partial charge < -0.3 is 5.32 Å². The Bertz CT molecular complexity index is 1010. The molecule has 146 valence electrons. The first-order chi connectivity index (χ1) is 13.2. The van der Waals surface area contributed by atoms with Crippen molar-refractivity contribution >= 4 is 21.5 Å². The van der Waals surface area contributed by atoms with Crippen LogP contribution in [0.25, 0.3) is 0 Å². The van der Waals surface area contributed by atoms with Gasteiger partial charge in [0.25, 0.3) is 10.0 Å². The Morgan fingerprint density at radius 1 is 0.929 bits per heavy atom. The highest BCUT2D eigenvalue weighted by Gasteiger charge is 2.18. The van der Waals surface area contributed by atoms with Crippen LogP contribution in [0.15, 0.2) is 72.0 Å². The van der Waals surface area contributed by atoms with Crippen LogP contribution in [0.2, 0.25) is 0 Å². The second kappa shape index (κ2) is 7.98. The molecule has 0 saturated heterocycles. The van der Waals surface area contributed by atoms with Gasteiger partial charge in [-0.1, -0.05) is 32.9 Å². The summed E-state index contributed by atoms with van der Waals surface area (Å²) in [7, 11) is -3.68. The van der Waals surface area contributed by atoms with E-state index in [0.29, 0.717) is 6.54 Å². The van der Waals surface area contributed by atoms with Crippen LogP contribution in [0.4, 0.5) is 11.5 Å². The number of anilines is 2. The number of rotatable bonds is 6. The second-order valence-electron chi connectivity index (χ2n) is 7.52. The Balaban J connectivity index is 1.65. The van der Waals surface area contributed by atoms with E-state index in [0.717, 1.165) is 16.8 Å². The standard InChI is InChI=1S/C21H24N4O2S/c1-21(2,3)17-4-7-19(8-5-17)28(26,27)25-20-9-6-18(15-24-20)23-14-16-10-12-22-13-11-16/h4-13,15,23H,14H2,1-3H3,(H,24,25). The Morgan fingerprint density at radius 2 is 1.61 bits per heavy atom. The van der Waals surface area contributed by atoms with Crippen molar-refractivity contribution in [3.05, 3.63) is 78.2 Å². The van der Waals surface area contributed by atoms with Crippen molar-refractivity contribution in [1.29, 1.82) is 0 Å². The van der Waals surface area contributed by atoms with Gasteiger partial charge in [-0.25, -0.2) is 13.4 Å². The fourth-order valence-electron chi connectivity index (χ4n) is 2.59. The molecule has 3 rings (SSSR count). The lowest BCUT2D eigenvalue weighted by Crippen LogP contribution is -2.15. The van der Waals surface area contributed by atoms with E-state index in [2.05, 4.69) is 40.8 Å². The van der Waals surface area contributed by atoms with Gasteiger partial charge in [-0.3, -0.25) is 9.71 Å². The number of aromatic nitrogens is 2. The third-order valence-electron chi connectivity index (χ3n) is 4.28. The van der Waals surface area contributed by atoms with E-state index in [-0.39, 0.29) is 16.1 Å². The lowest BCUT2D eigenvalue weighted by atomic mass is 9.87. The Hall–Kier alpha value is -2.93. The van der Waals surface area contributed by atoms with Crippen molar-refractivity contribution in [2.45, 2.75) is 37.6 Å². The quantitative estimate of drug-likeness (QED) is 0.653. The van der Waals surface area contributed by atoms with Gasteiger partial charge in [-0.15, -0.1) is 0 Å². The van der Waals surface area contributed by atoms with E-state index in [1.54, 1.807) is 42.9 Å². The number of benzene rings is 1. The van der Waals surface area contributed by atoms with Crippen LogP contribution < -0.4 is 10.0 Å². The molecule has 0 fully saturated rings. The third kappa shape index (κ3) is 5.07. The molecule has 0 aliphatic carbocycles. The minimum absolute atomic E-state index is 0.0314. The van der Waals surface area contributed by atoms with Gasteiger partial charge in [0.2, 0.25) is 0 Å². The van der Waals surface area contributed by atoms with Crippen LogP contribution in [0, 0.1) is 0 Å². The van der Waals surface area contributed by atoms with Crippen molar-refractivity contribution in [1.82, 2.24) is 9.97 Å². The molecule has 3 aromatic rings. The monoisotopic (exact) mass is 396 g/mol. The highest BCUT2D eigenvalue weighted by atomic mass is 32.2. The number of pyridine rings is 2. The van der Waals surface area contributed by atoms with Crippen molar-refractivity contribution in [3.8, 4) is 0 Å². The summed E-state index contributed by atoms with van der Waals surface area (Å²) >= 11 is 0. The molecule has 0 amide bonds. The number of nitrogens with one attached hydrogen (secondary N) is 2. The molecular weight excluding hydrogens is 372 g/mol. The highest BCUT2D eigenvalue weighted by Crippen LogP contribution is 2.24. The van der Waals surface area contributed by atoms with Crippen LogP contribution in [-0.4, -0.2) is 18.4 Å². The van der Waals surface area contributed by atoms with E-state index in [1.807, 2.05) is 24.3 Å². The first-order valence-electron chi connectivity index (χ1n) is 8.96. The van der Waals surface area contributed by atoms with E-state index >= 15 is 0 Å². The Morgan fingerprint density at radius 3 is 2.18 bits per heavy atom. The van der Waals surface area contributed by atoms with Crippen molar-refractivity contribution in [2.75, 3.05) is 10.0 Å². The summed E-state index contributed by atoms with van der Waals surface area (Å²) in [6.45, 7) is 6.89. The first kappa shape index (κ1) is 19.8. The first-order valence-corrected chi connectivity index (χ1v) is 10.4. The molecule has 0 aliphatic heterocycles. The molecule has 0 radical (unpaired) electrons. The van der Waals surface area contributed by atoms with Gasteiger partial charge in [-0.05, 0) is 52.9 Å². The van der Waals surface area contributed by atoms with Gasteiger partial charge in [0.15, 0.2) is 0 Å². The van der Waals surface area contributed by atoms with Gasteiger partial charge in [0.05, 0.1) is 16.8 Å². The number of hydrogen-bond donors (Lipinski definition) is 2. The summed E-state index contributed by atoms with van der Waals surface area (Å²) in [6, 6.07) is 14.2. The summed E-state index contributed by atoms with van der Waals surface area (Å²) < 4.78 is 27.7. The molecule has 7 heteroatoms. The molecule has 0 aliphatic rings. The summed E-state index contributed by atoms with van der Waals surface area (Å²) in [5.41, 5.74) is 2.94. The minimum atomic E-state index is -3.68.